The van der Waals surface area contributed by atoms with Crippen LogP contribution in [0.2, 0.25) is 5.02 Å². The first kappa shape index (κ1) is 15.9. The predicted octanol–water partition coefficient (Wildman–Crippen LogP) is 3.37. The van der Waals surface area contributed by atoms with Crippen molar-refractivity contribution in [3.63, 3.8) is 0 Å². The molecule has 1 fully saturated rings. The number of benzene rings is 1. The third-order valence-electron chi connectivity index (χ3n) is 4.06. The van der Waals surface area contributed by atoms with Crippen LogP contribution in [0.4, 0.5) is 0 Å². The summed E-state index contributed by atoms with van der Waals surface area (Å²) in [7, 11) is 1.64. The molecule has 2 aromatic rings. The summed E-state index contributed by atoms with van der Waals surface area (Å²) < 4.78 is 6.84. The molecule has 1 saturated carbocycles. The minimum atomic E-state index is -0.0485. The first-order chi connectivity index (χ1) is 11.1. The molecule has 0 saturated heterocycles. The molecule has 0 atom stereocenters. The lowest BCUT2D eigenvalue weighted by Crippen LogP contribution is -2.34. The minimum Gasteiger partial charge on any atom is -0.497 e. The second-order valence-electron chi connectivity index (χ2n) is 5.67. The van der Waals surface area contributed by atoms with Crippen LogP contribution in [-0.4, -0.2) is 33.7 Å². The number of aryl methyl sites for hydroxylation is 1. The summed E-state index contributed by atoms with van der Waals surface area (Å²) in [5, 5.41) is 4.58. The van der Waals surface area contributed by atoms with Gasteiger partial charge in [-0.25, -0.2) is 0 Å². The van der Waals surface area contributed by atoms with Gasteiger partial charge >= 0.3 is 0 Å². The lowest BCUT2D eigenvalue weighted by atomic mass is 10.2. The van der Waals surface area contributed by atoms with Crippen molar-refractivity contribution in [2.24, 2.45) is 0 Å². The third-order valence-corrected chi connectivity index (χ3v) is 4.33. The van der Waals surface area contributed by atoms with Crippen molar-refractivity contribution in [3.05, 3.63) is 46.7 Å². The van der Waals surface area contributed by atoms with E-state index in [4.69, 9.17) is 16.3 Å². The molecule has 1 heterocycles. The van der Waals surface area contributed by atoms with Gasteiger partial charge in [0.05, 0.1) is 18.3 Å². The number of ether oxygens (including phenoxy) is 1. The van der Waals surface area contributed by atoms with Gasteiger partial charge in [0.1, 0.15) is 11.4 Å². The fraction of sp³-hybridized carbons (Fsp3) is 0.412. The Morgan fingerprint density at radius 1 is 1.39 bits per heavy atom. The molecule has 1 aliphatic rings. The molecule has 1 aromatic heterocycles. The molecular weight excluding hydrogens is 314 g/mol. The van der Waals surface area contributed by atoms with Crippen LogP contribution in [0.25, 0.3) is 0 Å². The quantitative estimate of drug-likeness (QED) is 0.814. The summed E-state index contributed by atoms with van der Waals surface area (Å²) in [6.45, 7) is 3.14. The van der Waals surface area contributed by atoms with Crippen LogP contribution < -0.4 is 4.74 Å². The van der Waals surface area contributed by atoms with Crippen molar-refractivity contribution in [2.75, 3.05) is 7.11 Å². The summed E-state index contributed by atoms with van der Waals surface area (Å²) in [5.74, 6) is 0.762. The van der Waals surface area contributed by atoms with E-state index in [1.165, 1.54) is 6.20 Å². The Morgan fingerprint density at radius 3 is 2.65 bits per heavy atom. The Kier molecular flexibility index (Phi) is 4.57. The van der Waals surface area contributed by atoms with E-state index in [9.17, 15) is 4.79 Å². The second-order valence-corrected chi connectivity index (χ2v) is 6.08. The molecule has 5 nitrogen and oxygen atoms in total. The molecule has 0 unspecified atom stereocenters. The van der Waals surface area contributed by atoms with E-state index in [0.717, 1.165) is 24.2 Å². The van der Waals surface area contributed by atoms with E-state index >= 15 is 0 Å². The van der Waals surface area contributed by atoms with E-state index in [1.54, 1.807) is 11.8 Å². The highest BCUT2D eigenvalue weighted by Gasteiger charge is 2.35. The zero-order chi connectivity index (χ0) is 16.4. The van der Waals surface area contributed by atoms with Crippen LogP contribution in [0.1, 0.15) is 35.8 Å². The molecule has 1 aromatic carbocycles. The monoisotopic (exact) mass is 333 g/mol. The SMILES string of the molecule is CCn1ncc(Cl)c1C(=O)N(Cc1ccc(OC)cc1)C1CC1. The molecule has 0 N–H and O–H groups in total. The van der Waals surface area contributed by atoms with Gasteiger partial charge in [0.25, 0.3) is 5.91 Å². The average molecular weight is 334 g/mol. The fourth-order valence-corrected chi connectivity index (χ4v) is 2.85. The van der Waals surface area contributed by atoms with Crippen molar-refractivity contribution in [1.82, 2.24) is 14.7 Å². The highest BCUT2D eigenvalue weighted by molar-refractivity contribution is 6.33. The number of carbonyl (C=O) groups is 1. The summed E-state index contributed by atoms with van der Waals surface area (Å²) in [5.41, 5.74) is 1.55. The van der Waals surface area contributed by atoms with Gasteiger partial charge in [-0.05, 0) is 37.5 Å². The highest BCUT2D eigenvalue weighted by Crippen LogP contribution is 2.31. The van der Waals surface area contributed by atoms with Gasteiger partial charge in [0.15, 0.2) is 0 Å². The Labute approximate surface area is 140 Å². The molecule has 0 radical (unpaired) electrons. The molecule has 122 valence electrons. The van der Waals surface area contributed by atoms with Crippen LogP contribution in [0.3, 0.4) is 0 Å². The van der Waals surface area contributed by atoms with E-state index in [2.05, 4.69) is 5.10 Å². The van der Waals surface area contributed by atoms with Crippen molar-refractivity contribution < 1.29 is 9.53 Å². The number of hydrogen-bond donors (Lipinski definition) is 0. The van der Waals surface area contributed by atoms with Crippen LogP contribution in [0, 0.1) is 0 Å². The number of rotatable bonds is 6. The van der Waals surface area contributed by atoms with Gasteiger partial charge in [-0.15, -0.1) is 0 Å². The van der Waals surface area contributed by atoms with Crippen molar-refractivity contribution in [1.29, 1.82) is 0 Å². The molecule has 6 heteroatoms. The van der Waals surface area contributed by atoms with E-state index < -0.39 is 0 Å². The number of hydrogen-bond acceptors (Lipinski definition) is 3. The zero-order valence-corrected chi connectivity index (χ0v) is 14.1. The Hall–Kier alpha value is -2.01. The number of nitrogens with zero attached hydrogens (tertiary/aromatic N) is 3. The van der Waals surface area contributed by atoms with Crippen molar-refractivity contribution in [3.8, 4) is 5.75 Å². The Morgan fingerprint density at radius 2 is 2.09 bits per heavy atom. The number of carbonyl (C=O) groups excluding carboxylic acids is 1. The third kappa shape index (κ3) is 3.34. The molecule has 3 rings (SSSR count). The van der Waals surface area contributed by atoms with Gasteiger partial charge in [0.2, 0.25) is 0 Å². The second kappa shape index (κ2) is 6.62. The average Bonchev–Trinajstić information content (AvgIpc) is 3.34. The van der Waals surface area contributed by atoms with Crippen LogP contribution in [-0.2, 0) is 13.1 Å². The lowest BCUT2D eigenvalue weighted by Gasteiger charge is -2.23. The lowest BCUT2D eigenvalue weighted by molar-refractivity contribution is 0.0717. The zero-order valence-electron chi connectivity index (χ0n) is 13.3. The summed E-state index contributed by atoms with van der Waals surface area (Å²) in [4.78, 5) is 14.9. The first-order valence-electron chi connectivity index (χ1n) is 7.79. The number of aromatic nitrogens is 2. The maximum absolute atomic E-state index is 13.0. The van der Waals surface area contributed by atoms with Gasteiger partial charge in [-0.1, -0.05) is 23.7 Å². The summed E-state index contributed by atoms with van der Waals surface area (Å²) in [6.07, 6.45) is 3.62. The first-order valence-corrected chi connectivity index (χ1v) is 8.17. The van der Waals surface area contributed by atoms with Crippen LogP contribution in [0.5, 0.6) is 5.75 Å². The maximum Gasteiger partial charge on any atom is 0.274 e. The van der Waals surface area contributed by atoms with Gasteiger partial charge < -0.3 is 9.64 Å². The molecule has 0 bridgehead atoms. The minimum absolute atomic E-state index is 0.0485. The molecule has 23 heavy (non-hydrogen) atoms. The Balaban J connectivity index is 1.83. The normalized spacial score (nSPS) is 13.9. The maximum atomic E-state index is 13.0. The molecule has 0 aliphatic heterocycles. The van der Waals surface area contributed by atoms with Gasteiger partial charge in [-0.3, -0.25) is 9.48 Å². The number of amides is 1. The molecular formula is C17H20ClN3O2. The van der Waals surface area contributed by atoms with Gasteiger partial charge in [0, 0.05) is 19.1 Å². The van der Waals surface area contributed by atoms with E-state index in [0.29, 0.717) is 29.8 Å². The molecule has 1 amide bonds. The topological polar surface area (TPSA) is 47.4 Å². The van der Waals surface area contributed by atoms with Crippen molar-refractivity contribution in [2.45, 2.75) is 38.9 Å². The van der Waals surface area contributed by atoms with Gasteiger partial charge in [-0.2, -0.15) is 5.10 Å². The standard InChI is InChI=1S/C17H20ClN3O2/c1-3-21-16(15(18)10-19-21)17(22)20(13-6-7-13)11-12-4-8-14(23-2)9-5-12/h4-5,8-10,13H,3,6-7,11H2,1-2H3. The number of methoxy groups -OCH3 is 1. The smallest absolute Gasteiger partial charge is 0.274 e. The highest BCUT2D eigenvalue weighted by atomic mass is 35.5. The van der Waals surface area contributed by atoms with E-state index in [-0.39, 0.29) is 5.91 Å². The van der Waals surface area contributed by atoms with Crippen molar-refractivity contribution >= 4 is 17.5 Å². The largest absolute Gasteiger partial charge is 0.497 e. The fourth-order valence-electron chi connectivity index (χ4n) is 2.63. The van der Waals surface area contributed by atoms with Crippen LogP contribution >= 0.6 is 11.6 Å². The summed E-state index contributed by atoms with van der Waals surface area (Å²) in [6, 6.07) is 8.09. The predicted molar refractivity (Wildman–Crippen MR) is 88.8 cm³/mol. The summed E-state index contributed by atoms with van der Waals surface area (Å²) >= 11 is 6.18. The molecule has 1 aliphatic carbocycles. The Bertz CT molecular complexity index is 692. The van der Waals surface area contributed by atoms with E-state index in [1.807, 2.05) is 36.1 Å². The number of halogens is 1. The van der Waals surface area contributed by atoms with Crippen LogP contribution in [0.15, 0.2) is 30.5 Å². The molecule has 0 spiro atoms.